The van der Waals surface area contributed by atoms with Gasteiger partial charge in [0.1, 0.15) is 0 Å². The number of aryl methyl sites for hydroxylation is 1. The number of nitrogens with zero attached hydrogens (tertiary/aromatic N) is 1. The molecule has 3 aromatic carbocycles. The largest absolute Gasteiger partial charge is 0.493 e. The van der Waals surface area contributed by atoms with E-state index in [0.717, 1.165) is 38.9 Å². The molecule has 4 heteroatoms. The van der Waals surface area contributed by atoms with E-state index in [1.165, 1.54) is 0 Å². The second-order valence-electron chi connectivity index (χ2n) is 6.56. The fourth-order valence-electron chi connectivity index (χ4n) is 3.47. The Hall–Kier alpha value is -3.04. The third kappa shape index (κ3) is 3.19. The quantitative estimate of drug-likeness (QED) is 0.396. The number of methoxy groups -OCH3 is 2. The minimum atomic E-state index is 0.680. The smallest absolute Gasteiger partial charge is 0.161 e. The Morgan fingerprint density at radius 3 is 1.89 bits per heavy atom. The molecule has 0 radical (unpaired) electrons. The second-order valence-corrected chi connectivity index (χ2v) is 7.00. The van der Waals surface area contributed by atoms with Gasteiger partial charge in [0.15, 0.2) is 11.5 Å². The number of ether oxygens (including phenoxy) is 2. The molecule has 0 unspecified atom stereocenters. The Morgan fingerprint density at radius 1 is 0.714 bits per heavy atom. The van der Waals surface area contributed by atoms with Crippen LogP contribution < -0.4 is 9.47 Å². The predicted octanol–water partition coefficient (Wildman–Crippen LogP) is 6.55. The zero-order valence-corrected chi connectivity index (χ0v) is 16.7. The van der Waals surface area contributed by atoms with Crippen LogP contribution in [0.4, 0.5) is 0 Å². The molecule has 0 atom stereocenters. The molecule has 4 rings (SSSR count). The highest BCUT2D eigenvalue weighted by Gasteiger charge is 2.17. The van der Waals surface area contributed by atoms with Gasteiger partial charge >= 0.3 is 0 Å². The zero-order valence-electron chi connectivity index (χ0n) is 16.0. The third-order valence-electron chi connectivity index (χ3n) is 4.93. The van der Waals surface area contributed by atoms with Crippen LogP contribution in [-0.2, 0) is 0 Å². The topological polar surface area (TPSA) is 31.4 Å². The number of aromatic nitrogens is 1. The first-order valence-corrected chi connectivity index (χ1v) is 9.38. The Kier molecular flexibility index (Phi) is 4.93. The summed E-state index contributed by atoms with van der Waals surface area (Å²) in [5, 5.41) is 2.79. The lowest BCUT2D eigenvalue weighted by molar-refractivity contribution is 0.356. The number of benzene rings is 3. The fourth-order valence-corrected chi connectivity index (χ4v) is 3.60. The van der Waals surface area contributed by atoms with Crippen molar-refractivity contribution in [1.82, 2.24) is 4.98 Å². The van der Waals surface area contributed by atoms with Gasteiger partial charge < -0.3 is 9.47 Å². The molecule has 0 aliphatic heterocycles. The summed E-state index contributed by atoms with van der Waals surface area (Å²) in [4.78, 5) is 5.06. The molecule has 0 spiro atoms. The summed E-state index contributed by atoms with van der Waals surface area (Å²) in [5.41, 5.74) is 5.01. The highest BCUT2D eigenvalue weighted by atomic mass is 35.5. The minimum Gasteiger partial charge on any atom is -0.493 e. The Bertz CT molecular complexity index is 1140. The van der Waals surface area contributed by atoms with Crippen molar-refractivity contribution >= 4 is 22.4 Å². The van der Waals surface area contributed by atoms with Crippen molar-refractivity contribution in [2.24, 2.45) is 0 Å². The molecule has 140 valence electrons. The molecule has 28 heavy (non-hydrogen) atoms. The first-order valence-electron chi connectivity index (χ1n) is 9.00. The molecule has 0 aliphatic rings. The molecule has 0 N–H and O–H groups in total. The number of fused-ring (bicyclic) bond motifs is 1. The predicted molar refractivity (Wildman–Crippen MR) is 115 cm³/mol. The van der Waals surface area contributed by atoms with E-state index in [1.54, 1.807) is 14.2 Å². The molecule has 1 heterocycles. The van der Waals surface area contributed by atoms with Crippen LogP contribution in [0.25, 0.3) is 33.3 Å². The van der Waals surface area contributed by atoms with E-state index >= 15 is 0 Å². The molecular weight excluding hydrogens is 370 g/mol. The van der Waals surface area contributed by atoms with E-state index in [2.05, 4.69) is 19.1 Å². The zero-order chi connectivity index (χ0) is 19.7. The first kappa shape index (κ1) is 18.3. The maximum atomic E-state index is 6.10. The van der Waals surface area contributed by atoms with E-state index in [4.69, 9.17) is 26.1 Å². The maximum absolute atomic E-state index is 6.10. The lowest BCUT2D eigenvalue weighted by atomic mass is 9.96. The van der Waals surface area contributed by atoms with Gasteiger partial charge in [-0.3, -0.25) is 0 Å². The van der Waals surface area contributed by atoms with Gasteiger partial charge in [-0.2, -0.15) is 0 Å². The Morgan fingerprint density at radius 2 is 1.29 bits per heavy atom. The van der Waals surface area contributed by atoms with Crippen molar-refractivity contribution in [1.29, 1.82) is 0 Å². The molecule has 0 aliphatic carbocycles. The van der Waals surface area contributed by atoms with Crippen molar-refractivity contribution in [3.8, 4) is 34.0 Å². The van der Waals surface area contributed by atoms with Gasteiger partial charge in [0, 0.05) is 21.5 Å². The van der Waals surface area contributed by atoms with Gasteiger partial charge in [-0.15, -0.1) is 0 Å². The van der Waals surface area contributed by atoms with Crippen molar-refractivity contribution in [3.05, 3.63) is 77.3 Å². The van der Waals surface area contributed by atoms with E-state index in [-0.39, 0.29) is 0 Å². The summed E-state index contributed by atoms with van der Waals surface area (Å²) < 4.78 is 11.1. The number of pyridine rings is 1. The summed E-state index contributed by atoms with van der Waals surface area (Å²) in [6.07, 6.45) is 0. The van der Waals surface area contributed by atoms with Gasteiger partial charge in [0.25, 0.3) is 0 Å². The van der Waals surface area contributed by atoms with Crippen LogP contribution in [0.2, 0.25) is 5.02 Å². The fraction of sp³-hybridized carbons (Fsp3) is 0.125. The number of hydrogen-bond acceptors (Lipinski definition) is 3. The van der Waals surface area contributed by atoms with Crippen molar-refractivity contribution in [2.45, 2.75) is 6.92 Å². The Labute approximate surface area is 169 Å². The van der Waals surface area contributed by atoms with Crippen LogP contribution in [0.3, 0.4) is 0 Å². The summed E-state index contributed by atoms with van der Waals surface area (Å²) in [5.74, 6) is 1.38. The molecule has 0 fully saturated rings. The molecule has 3 nitrogen and oxygen atoms in total. The minimum absolute atomic E-state index is 0.680. The molecule has 0 saturated carbocycles. The maximum Gasteiger partial charge on any atom is 0.161 e. The SMILES string of the molecule is COc1cc2c(-c3ccc(Cl)cc3)nc(-c3ccccc3)c(C)c2cc1OC. The van der Waals surface area contributed by atoms with Gasteiger partial charge in [0.05, 0.1) is 25.6 Å². The lowest BCUT2D eigenvalue weighted by Crippen LogP contribution is -1.98. The second kappa shape index (κ2) is 7.53. The van der Waals surface area contributed by atoms with Crippen LogP contribution in [0.5, 0.6) is 11.5 Å². The molecule has 0 bridgehead atoms. The number of hydrogen-bond donors (Lipinski definition) is 0. The summed E-state index contributed by atoms with van der Waals surface area (Å²) in [6.45, 7) is 2.09. The van der Waals surface area contributed by atoms with Crippen LogP contribution in [0.15, 0.2) is 66.7 Å². The van der Waals surface area contributed by atoms with Crippen molar-refractivity contribution in [2.75, 3.05) is 14.2 Å². The first-order chi connectivity index (χ1) is 13.6. The molecular formula is C24H20ClNO2. The van der Waals surface area contributed by atoms with Gasteiger partial charge in [-0.05, 0) is 42.1 Å². The van der Waals surface area contributed by atoms with E-state index in [9.17, 15) is 0 Å². The average molecular weight is 390 g/mol. The van der Waals surface area contributed by atoms with E-state index in [1.807, 2.05) is 54.6 Å². The van der Waals surface area contributed by atoms with Crippen LogP contribution in [0.1, 0.15) is 5.56 Å². The van der Waals surface area contributed by atoms with E-state index in [0.29, 0.717) is 16.5 Å². The monoisotopic (exact) mass is 389 g/mol. The van der Waals surface area contributed by atoms with E-state index < -0.39 is 0 Å². The van der Waals surface area contributed by atoms with Gasteiger partial charge in [0.2, 0.25) is 0 Å². The van der Waals surface area contributed by atoms with Crippen molar-refractivity contribution < 1.29 is 9.47 Å². The Balaban J connectivity index is 2.10. The van der Waals surface area contributed by atoms with Gasteiger partial charge in [-0.1, -0.05) is 54.1 Å². The number of halogens is 1. The highest BCUT2D eigenvalue weighted by Crippen LogP contribution is 2.40. The highest BCUT2D eigenvalue weighted by molar-refractivity contribution is 6.30. The average Bonchev–Trinajstić information content (AvgIpc) is 2.74. The molecule has 4 aromatic rings. The third-order valence-corrected chi connectivity index (χ3v) is 5.18. The summed E-state index contributed by atoms with van der Waals surface area (Å²) >= 11 is 6.10. The lowest BCUT2D eigenvalue weighted by Gasteiger charge is -2.17. The molecule has 1 aromatic heterocycles. The standard InChI is InChI=1S/C24H20ClNO2/c1-15-19-13-21(27-2)22(28-3)14-20(19)24(17-9-11-18(25)12-10-17)26-23(15)16-7-5-4-6-8-16/h4-14H,1-3H3. The van der Waals surface area contributed by atoms with Crippen LogP contribution in [0, 0.1) is 6.92 Å². The van der Waals surface area contributed by atoms with Crippen LogP contribution in [-0.4, -0.2) is 19.2 Å². The van der Waals surface area contributed by atoms with Gasteiger partial charge in [-0.25, -0.2) is 4.98 Å². The van der Waals surface area contributed by atoms with Crippen molar-refractivity contribution in [3.63, 3.8) is 0 Å². The summed E-state index contributed by atoms with van der Waals surface area (Å²) in [6, 6.07) is 22.0. The number of rotatable bonds is 4. The molecule has 0 saturated heterocycles. The normalized spacial score (nSPS) is 10.9. The summed E-state index contributed by atoms with van der Waals surface area (Å²) in [7, 11) is 3.29. The molecule has 0 amide bonds. The van der Waals surface area contributed by atoms with Crippen LogP contribution >= 0.6 is 11.6 Å².